The van der Waals surface area contributed by atoms with Gasteiger partial charge in [0.2, 0.25) is 0 Å². The van der Waals surface area contributed by atoms with E-state index in [0.29, 0.717) is 12.0 Å². The highest BCUT2D eigenvalue weighted by atomic mass is 79.9. The molecule has 0 saturated heterocycles. The first-order chi connectivity index (χ1) is 10.4. The van der Waals surface area contributed by atoms with Crippen molar-refractivity contribution in [2.24, 2.45) is 0 Å². The summed E-state index contributed by atoms with van der Waals surface area (Å²) in [5.74, 6) is -1.51. The van der Waals surface area contributed by atoms with Crippen LogP contribution in [-0.4, -0.2) is 10.3 Å². The lowest BCUT2D eigenvalue weighted by Crippen LogP contribution is -2.25. The van der Waals surface area contributed by atoms with Crippen molar-refractivity contribution < 1.29 is 8.78 Å². The van der Waals surface area contributed by atoms with E-state index in [2.05, 4.69) is 15.9 Å². The van der Waals surface area contributed by atoms with Gasteiger partial charge in [-0.3, -0.25) is 4.79 Å². The second kappa shape index (κ2) is 6.52. The predicted molar refractivity (Wildman–Crippen MR) is 86.5 cm³/mol. The minimum absolute atomic E-state index is 0.109. The summed E-state index contributed by atoms with van der Waals surface area (Å²) in [5.41, 5.74) is 0.00786. The number of hydrogen-bond donors (Lipinski definition) is 1. The van der Waals surface area contributed by atoms with Crippen LogP contribution in [0.3, 0.4) is 0 Å². The van der Waals surface area contributed by atoms with E-state index in [0.717, 1.165) is 12.1 Å². The van der Waals surface area contributed by atoms with E-state index < -0.39 is 11.6 Å². The Labute approximate surface area is 135 Å². The zero-order chi connectivity index (χ0) is 16.4. The molecule has 0 radical (unpaired) electrons. The molecule has 0 aliphatic carbocycles. The number of halogens is 3. The molecule has 116 valence electrons. The number of benzene rings is 1. The molecule has 0 fully saturated rings. The van der Waals surface area contributed by atoms with Crippen LogP contribution in [0.1, 0.15) is 25.8 Å². The highest BCUT2D eigenvalue weighted by Crippen LogP contribution is 2.30. The third-order valence-electron chi connectivity index (χ3n) is 3.44. The van der Waals surface area contributed by atoms with Gasteiger partial charge in [0.05, 0.1) is 15.7 Å². The summed E-state index contributed by atoms with van der Waals surface area (Å²) in [5, 5.41) is 8.07. The third-order valence-corrected chi connectivity index (χ3v) is 4.01. The molecule has 3 nitrogen and oxygen atoms in total. The molecule has 1 aromatic heterocycles. The minimum atomic E-state index is -0.755. The molecule has 2 aromatic rings. The topological polar surface area (TPSA) is 45.9 Å². The number of pyridine rings is 1. The van der Waals surface area contributed by atoms with Gasteiger partial charge in [-0.15, -0.1) is 0 Å². The van der Waals surface area contributed by atoms with Crippen molar-refractivity contribution in [3.05, 3.63) is 56.3 Å². The summed E-state index contributed by atoms with van der Waals surface area (Å²) in [6.45, 7) is 3.74. The molecular formula is C16H15BrF2N2O. The number of nitrogens with one attached hydrogen (secondary N) is 1. The zero-order valence-electron chi connectivity index (χ0n) is 12.2. The molecule has 22 heavy (non-hydrogen) atoms. The second-order valence-electron chi connectivity index (χ2n) is 4.73. The van der Waals surface area contributed by atoms with E-state index in [9.17, 15) is 13.6 Å². The van der Waals surface area contributed by atoms with E-state index in [1.165, 1.54) is 16.7 Å². The molecule has 0 unspecified atom stereocenters. The Kier molecular flexibility index (Phi) is 4.90. The van der Waals surface area contributed by atoms with Gasteiger partial charge in [-0.25, -0.2) is 8.78 Å². The molecule has 0 bridgehead atoms. The van der Waals surface area contributed by atoms with Crippen molar-refractivity contribution in [2.75, 3.05) is 0 Å². The van der Waals surface area contributed by atoms with Crippen LogP contribution in [0.4, 0.5) is 8.78 Å². The van der Waals surface area contributed by atoms with Crippen molar-refractivity contribution in [1.29, 1.82) is 5.41 Å². The van der Waals surface area contributed by atoms with Gasteiger partial charge in [-0.1, -0.05) is 13.0 Å². The first kappa shape index (κ1) is 16.5. The Morgan fingerprint density at radius 2 is 1.86 bits per heavy atom. The lowest BCUT2D eigenvalue weighted by molar-refractivity contribution is 0.584. The molecule has 0 saturated carbocycles. The van der Waals surface area contributed by atoms with Gasteiger partial charge in [0.1, 0.15) is 11.6 Å². The standard InChI is InChI=1S/C16H15BrF2N2O/c1-3-13(20)9-8-10(17)16(22)21(4-2)15(9)14-11(18)6-5-7-12(14)19/h5-8,20H,3-4H2,1-2H3. The first-order valence-corrected chi connectivity index (χ1v) is 7.67. The van der Waals surface area contributed by atoms with E-state index in [4.69, 9.17) is 5.41 Å². The van der Waals surface area contributed by atoms with Gasteiger partial charge in [0.15, 0.2) is 0 Å². The van der Waals surface area contributed by atoms with E-state index in [-0.39, 0.29) is 33.5 Å². The van der Waals surface area contributed by atoms with Crippen molar-refractivity contribution in [1.82, 2.24) is 4.57 Å². The van der Waals surface area contributed by atoms with Gasteiger partial charge in [0.25, 0.3) is 5.56 Å². The van der Waals surface area contributed by atoms with Crippen LogP contribution in [0, 0.1) is 17.0 Å². The number of aromatic nitrogens is 1. The second-order valence-corrected chi connectivity index (χ2v) is 5.59. The Morgan fingerprint density at radius 1 is 1.27 bits per heavy atom. The third kappa shape index (κ3) is 2.75. The molecule has 1 heterocycles. The molecule has 1 N–H and O–H groups in total. The lowest BCUT2D eigenvalue weighted by Gasteiger charge is -2.18. The number of hydrogen-bond acceptors (Lipinski definition) is 2. The SMILES string of the molecule is CCC(=N)c1cc(Br)c(=O)n(CC)c1-c1c(F)cccc1F. The highest BCUT2D eigenvalue weighted by molar-refractivity contribution is 9.10. The van der Waals surface area contributed by atoms with Crippen molar-refractivity contribution >= 4 is 21.6 Å². The van der Waals surface area contributed by atoms with E-state index >= 15 is 0 Å². The summed E-state index contributed by atoms with van der Waals surface area (Å²) in [4.78, 5) is 12.3. The molecular weight excluding hydrogens is 354 g/mol. The maximum atomic E-state index is 14.2. The predicted octanol–water partition coefficient (Wildman–Crippen LogP) is 4.35. The fraction of sp³-hybridized carbons (Fsp3) is 0.250. The van der Waals surface area contributed by atoms with Crippen molar-refractivity contribution in [3.63, 3.8) is 0 Å². The Morgan fingerprint density at radius 3 is 2.36 bits per heavy atom. The molecule has 0 amide bonds. The van der Waals surface area contributed by atoms with Crippen LogP contribution in [0.2, 0.25) is 0 Å². The normalized spacial score (nSPS) is 10.8. The van der Waals surface area contributed by atoms with E-state index in [1.807, 2.05) is 0 Å². The molecule has 0 aliphatic rings. The summed E-state index contributed by atoms with van der Waals surface area (Å²) < 4.78 is 29.9. The largest absolute Gasteiger partial charge is 0.307 e. The average molecular weight is 369 g/mol. The number of rotatable bonds is 4. The van der Waals surface area contributed by atoms with Crippen molar-refractivity contribution in [2.45, 2.75) is 26.8 Å². The van der Waals surface area contributed by atoms with Crippen molar-refractivity contribution in [3.8, 4) is 11.3 Å². The zero-order valence-corrected chi connectivity index (χ0v) is 13.8. The first-order valence-electron chi connectivity index (χ1n) is 6.87. The summed E-state index contributed by atoms with van der Waals surface area (Å²) in [6.07, 6.45) is 0.386. The van der Waals surface area contributed by atoms with Crippen LogP contribution >= 0.6 is 15.9 Å². The number of nitrogens with zero attached hydrogens (tertiary/aromatic N) is 1. The molecule has 0 spiro atoms. The molecule has 0 aliphatic heterocycles. The fourth-order valence-electron chi connectivity index (χ4n) is 2.35. The monoisotopic (exact) mass is 368 g/mol. The molecule has 1 aromatic carbocycles. The van der Waals surface area contributed by atoms with Gasteiger partial charge < -0.3 is 9.98 Å². The Hall–Kier alpha value is -1.82. The maximum Gasteiger partial charge on any atom is 0.265 e. The molecule has 0 atom stereocenters. The Balaban J connectivity index is 2.98. The minimum Gasteiger partial charge on any atom is -0.307 e. The van der Waals surface area contributed by atoms with Gasteiger partial charge in [-0.2, -0.15) is 0 Å². The van der Waals surface area contributed by atoms with Gasteiger partial charge in [0, 0.05) is 17.8 Å². The van der Waals surface area contributed by atoms with Gasteiger partial charge in [-0.05, 0) is 47.5 Å². The maximum absolute atomic E-state index is 14.2. The molecule has 2 rings (SSSR count). The quantitative estimate of drug-likeness (QED) is 0.800. The van der Waals surface area contributed by atoms with Crippen LogP contribution < -0.4 is 5.56 Å². The summed E-state index contributed by atoms with van der Waals surface area (Å²) in [7, 11) is 0. The average Bonchev–Trinajstić information content (AvgIpc) is 2.49. The lowest BCUT2D eigenvalue weighted by atomic mass is 9.99. The van der Waals surface area contributed by atoms with Gasteiger partial charge >= 0.3 is 0 Å². The summed E-state index contributed by atoms with van der Waals surface area (Å²) in [6, 6.07) is 5.02. The molecule has 6 heteroatoms. The van der Waals surface area contributed by atoms with E-state index in [1.54, 1.807) is 13.8 Å². The van der Waals surface area contributed by atoms with Crippen LogP contribution in [-0.2, 0) is 6.54 Å². The fourth-order valence-corrected chi connectivity index (χ4v) is 2.79. The Bertz CT molecular complexity index is 779. The van der Waals surface area contributed by atoms with Crippen LogP contribution in [0.15, 0.2) is 33.5 Å². The highest BCUT2D eigenvalue weighted by Gasteiger charge is 2.22. The smallest absolute Gasteiger partial charge is 0.265 e. The summed E-state index contributed by atoms with van der Waals surface area (Å²) >= 11 is 3.16. The van der Waals surface area contributed by atoms with Crippen LogP contribution in [0.5, 0.6) is 0 Å². The van der Waals surface area contributed by atoms with Crippen LogP contribution in [0.25, 0.3) is 11.3 Å².